The van der Waals surface area contributed by atoms with Gasteiger partial charge in [-0.1, -0.05) is 19.3 Å². The Hall–Kier alpha value is 0.0900. The number of aliphatic hydroxyl groups is 1. The maximum absolute atomic E-state index is 12.1. The summed E-state index contributed by atoms with van der Waals surface area (Å²) in [5.74, 6) is -0.0604. The van der Waals surface area contributed by atoms with Gasteiger partial charge >= 0.3 is 0 Å². The van der Waals surface area contributed by atoms with Crippen LogP contribution in [0.1, 0.15) is 41.8 Å². The highest BCUT2D eigenvalue weighted by Gasteiger charge is 2.31. The Labute approximate surface area is 134 Å². The first-order chi connectivity index (χ1) is 9.06. The van der Waals surface area contributed by atoms with E-state index in [1.54, 1.807) is 0 Å². The molecule has 1 heterocycles. The zero-order chi connectivity index (χ0) is 13.9. The molecule has 1 saturated carbocycles. The second kappa shape index (κ2) is 6.70. The third-order valence-electron chi connectivity index (χ3n) is 3.74. The van der Waals surface area contributed by atoms with Crippen LogP contribution in [0.2, 0.25) is 0 Å². The lowest BCUT2D eigenvalue weighted by atomic mass is 9.74. The van der Waals surface area contributed by atoms with E-state index in [2.05, 4.69) is 37.2 Å². The number of amides is 1. The lowest BCUT2D eigenvalue weighted by molar-refractivity contribution is 0.0720. The van der Waals surface area contributed by atoms with Crippen molar-refractivity contribution >= 4 is 49.1 Å². The summed E-state index contributed by atoms with van der Waals surface area (Å²) in [5.41, 5.74) is -0.111. The molecule has 1 aromatic rings. The minimum atomic E-state index is -0.111. The maximum atomic E-state index is 12.1. The Kier molecular flexibility index (Phi) is 5.45. The highest BCUT2D eigenvalue weighted by atomic mass is 79.9. The fourth-order valence-corrected chi connectivity index (χ4v) is 4.46. The first kappa shape index (κ1) is 15.5. The molecular formula is C13H17Br2NO2S. The molecule has 0 aromatic carbocycles. The molecule has 1 aromatic heterocycles. The number of carbonyl (C=O) groups excluding carboxylic acids is 1. The lowest BCUT2D eigenvalue weighted by Crippen LogP contribution is -2.41. The molecule has 1 aliphatic rings. The molecule has 1 aliphatic carbocycles. The Bertz CT molecular complexity index is 436. The van der Waals surface area contributed by atoms with Gasteiger partial charge in [-0.25, -0.2) is 0 Å². The van der Waals surface area contributed by atoms with E-state index < -0.39 is 0 Å². The number of rotatable bonds is 4. The van der Waals surface area contributed by atoms with Crippen molar-refractivity contribution in [3.63, 3.8) is 0 Å². The first-order valence-corrected chi connectivity index (χ1v) is 8.80. The number of hydrogen-bond donors (Lipinski definition) is 2. The predicted octanol–water partition coefficient (Wildman–Crippen LogP) is 3.95. The summed E-state index contributed by atoms with van der Waals surface area (Å²) in [7, 11) is 0. The fourth-order valence-electron chi connectivity index (χ4n) is 2.51. The van der Waals surface area contributed by atoms with Crippen molar-refractivity contribution in [2.75, 3.05) is 13.2 Å². The molecule has 2 rings (SSSR count). The Morgan fingerprint density at radius 2 is 2.05 bits per heavy atom. The summed E-state index contributed by atoms with van der Waals surface area (Å²) in [5, 5.41) is 12.6. The number of halogens is 2. The lowest BCUT2D eigenvalue weighted by Gasteiger charge is -2.35. The van der Waals surface area contributed by atoms with Gasteiger partial charge in [0.25, 0.3) is 5.91 Å². The maximum Gasteiger partial charge on any atom is 0.261 e. The molecule has 0 saturated heterocycles. The number of carbonyl (C=O) groups is 1. The van der Waals surface area contributed by atoms with Gasteiger partial charge in [0.15, 0.2) is 0 Å². The van der Waals surface area contributed by atoms with Crippen LogP contribution in [0.15, 0.2) is 14.3 Å². The molecule has 3 nitrogen and oxygen atoms in total. The van der Waals surface area contributed by atoms with Gasteiger partial charge in [0, 0.05) is 16.4 Å². The first-order valence-electron chi connectivity index (χ1n) is 6.40. The van der Waals surface area contributed by atoms with Gasteiger partial charge in [-0.2, -0.15) is 0 Å². The van der Waals surface area contributed by atoms with Gasteiger partial charge in [0.2, 0.25) is 0 Å². The van der Waals surface area contributed by atoms with Crippen LogP contribution >= 0.6 is 43.2 Å². The van der Waals surface area contributed by atoms with Gasteiger partial charge in [0.05, 0.1) is 15.3 Å². The van der Waals surface area contributed by atoms with Crippen LogP contribution < -0.4 is 5.32 Å². The van der Waals surface area contributed by atoms with Crippen molar-refractivity contribution in [3.05, 3.63) is 19.2 Å². The normalized spacial score (nSPS) is 18.3. The van der Waals surface area contributed by atoms with Gasteiger partial charge in [-0.3, -0.25) is 4.79 Å². The van der Waals surface area contributed by atoms with Crippen LogP contribution in [0.25, 0.3) is 0 Å². The van der Waals surface area contributed by atoms with Crippen LogP contribution in [0.5, 0.6) is 0 Å². The highest BCUT2D eigenvalue weighted by Crippen LogP contribution is 2.36. The summed E-state index contributed by atoms with van der Waals surface area (Å²) >= 11 is 8.18. The molecule has 2 N–H and O–H groups in total. The quantitative estimate of drug-likeness (QED) is 0.789. The van der Waals surface area contributed by atoms with E-state index in [1.165, 1.54) is 17.8 Å². The van der Waals surface area contributed by atoms with Gasteiger partial charge < -0.3 is 10.4 Å². The second-order valence-electron chi connectivity index (χ2n) is 5.13. The SMILES string of the molecule is O=C(NCC1(CO)CCCCC1)c1cc(Br)c(Br)s1. The third kappa shape index (κ3) is 3.80. The zero-order valence-corrected chi connectivity index (χ0v) is 14.5. The number of aliphatic hydroxyl groups excluding tert-OH is 1. The molecule has 0 aliphatic heterocycles. The third-order valence-corrected chi connectivity index (χ3v) is 7.00. The summed E-state index contributed by atoms with van der Waals surface area (Å²) in [6, 6.07) is 1.82. The van der Waals surface area contributed by atoms with Crippen LogP contribution in [0.3, 0.4) is 0 Å². The van der Waals surface area contributed by atoms with Crippen LogP contribution in [-0.4, -0.2) is 24.2 Å². The molecule has 0 spiro atoms. The van der Waals surface area contributed by atoms with E-state index >= 15 is 0 Å². The van der Waals surface area contributed by atoms with E-state index in [0.717, 1.165) is 33.9 Å². The second-order valence-corrected chi connectivity index (χ2v) is 8.36. The number of nitrogens with one attached hydrogen (secondary N) is 1. The van der Waals surface area contributed by atoms with Crippen molar-refractivity contribution in [1.29, 1.82) is 0 Å². The highest BCUT2D eigenvalue weighted by molar-refractivity contribution is 9.13. The van der Waals surface area contributed by atoms with Crippen LogP contribution in [-0.2, 0) is 0 Å². The Morgan fingerprint density at radius 1 is 1.37 bits per heavy atom. The van der Waals surface area contributed by atoms with Crippen LogP contribution in [0, 0.1) is 5.41 Å². The van der Waals surface area contributed by atoms with E-state index in [1.807, 2.05) is 6.07 Å². The van der Waals surface area contributed by atoms with Gasteiger partial charge in [0.1, 0.15) is 0 Å². The summed E-state index contributed by atoms with van der Waals surface area (Å²) in [6.45, 7) is 0.723. The number of thiophene rings is 1. The van der Waals surface area contributed by atoms with Gasteiger partial charge in [-0.15, -0.1) is 11.3 Å². The van der Waals surface area contributed by atoms with Crippen molar-refractivity contribution in [1.82, 2.24) is 5.32 Å². The predicted molar refractivity (Wildman–Crippen MR) is 84.7 cm³/mol. The number of hydrogen-bond acceptors (Lipinski definition) is 3. The molecule has 1 amide bonds. The molecule has 1 fully saturated rings. The summed E-state index contributed by atoms with van der Waals surface area (Å²) < 4.78 is 1.82. The summed E-state index contributed by atoms with van der Waals surface area (Å²) in [4.78, 5) is 12.8. The van der Waals surface area contributed by atoms with E-state index in [0.29, 0.717) is 11.4 Å². The summed E-state index contributed by atoms with van der Waals surface area (Å²) in [6.07, 6.45) is 5.53. The minimum absolute atomic E-state index is 0.0604. The Balaban J connectivity index is 1.95. The largest absolute Gasteiger partial charge is 0.396 e. The van der Waals surface area contributed by atoms with Gasteiger partial charge in [-0.05, 0) is 50.8 Å². The van der Waals surface area contributed by atoms with E-state index in [9.17, 15) is 9.90 Å². The van der Waals surface area contributed by atoms with Crippen molar-refractivity contribution in [2.45, 2.75) is 32.1 Å². The standard InChI is InChI=1S/C13H17Br2NO2S/c14-9-6-10(19-11(9)15)12(18)16-7-13(8-17)4-2-1-3-5-13/h6,17H,1-5,7-8H2,(H,16,18). The molecule has 0 unspecified atom stereocenters. The van der Waals surface area contributed by atoms with Crippen molar-refractivity contribution < 1.29 is 9.90 Å². The monoisotopic (exact) mass is 409 g/mol. The molecule has 106 valence electrons. The fraction of sp³-hybridized carbons (Fsp3) is 0.615. The van der Waals surface area contributed by atoms with E-state index in [-0.39, 0.29) is 17.9 Å². The average molecular weight is 411 g/mol. The molecule has 0 atom stereocenters. The molecule has 19 heavy (non-hydrogen) atoms. The molecule has 0 bridgehead atoms. The topological polar surface area (TPSA) is 49.3 Å². The minimum Gasteiger partial charge on any atom is -0.396 e. The van der Waals surface area contributed by atoms with Crippen molar-refractivity contribution in [2.24, 2.45) is 5.41 Å². The zero-order valence-electron chi connectivity index (χ0n) is 10.5. The van der Waals surface area contributed by atoms with E-state index in [4.69, 9.17) is 0 Å². The smallest absolute Gasteiger partial charge is 0.261 e. The van der Waals surface area contributed by atoms with Crippen LogP contribution in [0.4, 0.5) is 0 Å². The molecule has 0 radical (unpaired) electrons. The average Bonchev–Trinajstić information content (AvgIpc) is 2.77. The molecule has 6 heteroatoms. The molecular weight excluding hydrogens is 394 g/mol. The van der Waals surface area contributed by atoms with Crippen molar-refractivity contribution in [3.8, 4) is 0 Å². The Morgan fingerprint density at radius 3 is 2.58 bits per heavy atom.